The summed E-state index contributed by atoms with van der Waals surface area (Å²) in [6, 6.07) is 15.1. The fourth-order valence-corrected chi connectivity index (χ4v) is 1.78. The third-order valence-corrected chi connectivity index (χ3v) is 2.94. The highest BCUT2D eigenvalue weighted by Crippen LogP contribution is 2.14. The summed E-state index contributed by atoms with van der Waals surface area (Å²) in [6.45, 7) is 0.316. The number of rotatable bonds is 8. The standard InChI is InChI=1S/C18H18O6/c1-21-11-12-22-18(20)14-7-9-16(10-8-14)24-17(19)13-23-15-5-3-2-4-6-15/h2-10H,11-13H2,1H3. The summed E-state index contributed by atoms with van der Waals surface area (Å²) in [5.74, 6) is -0.0830. The van der Waals surface area contributed by atoms with Gasteiger partial charge >= 0.3 is 11.9 Å². The number of carbonyl (C=O) groups is 2. The Labute approximate surface area is 139 Å². The van der Waals surface area contributed by atoms with Crippen molar-refractivity contribution in [1.29, 1.82) is 0 Å². The van der Waals surface area contributed by atoms with Crippen LogP contribution >= 0.6 is 0 Å². The van der Waals surface area contributed by atoms with E-state index in [4.69, 9.17) is 18.9 Å². The number of hydrogen-bond acceptors (Lipinski definition) is 6. The van der Waals surface area contributed by atoms with Gasteiger partial charge in [-0.3, -0.25) is 0 Å². The molecule has 0 saturated carbocycles. The van der Waals surface area contributed by atoms with Crippen molar-refractivity contribution in [2.75, 3.05) is 26.9 Å². The van der Waals surface area contributed by atoms with E-state index in [1.807, 2.05) is 18.2 Å². The number of methoxy groups -OCH3 is 1. The molecule has 6 nitrogen and oxygen atoms in total. The molecule has 0 amide bonds. The molecule has 0 spiro atoms. The van der Waals surface area contributed by atoms with Crippen molar-refractivity contribution in [1.82, 2.24) is 0 Å². The fourth-order valence-electron chi connectivity index (χ4n) is 1.78. The lowest BCUT2D eigenvalue weighted by atomic mass is 10.2. The smallest absolute Gasteiger partial charge is 0.349 e. The number of para-hydroxylation sites is 1. The lowest BCUT2D eigenvalue weighted by molar-refractivity contribution is -0.136. The highest BCUT2D eigenvalue weighted by atomic mass is 16.6. The molecule has 0 unspecified atom stereocenters. The largest absolute Gasteiger partial charge is 0.482 e. The van der Waals surface area contributed by atoms with Crippen LogP contribution in [0.4, 0.5) is 0 Å². The second kappa shape index (κ2) is 9.32. The molecule has 6 heteroatoms. The molecule has 0 aliphatic rings. The van der Waals surface area contributed by atoms with Crippen molar-refractivity contribution in [3.05, 3.63) is 60.2 Å². The first-order chi connectivity index (χ1) is 11.7. The normalized spacial score (nSPS) is 10.0. The van der Waals surface area contributed by atoms with Gasteiger partial charge in [0, 0.05) is 7.11 Å². The average molecular weight is 330 g/mol. The van der Waals surface area contributed by atoms with Crippen molar-refractivity contribution in [3.63, 3.8) is 0 Å². The summed E-state index contributed by atoms with van der Waals surface area (Å²) in [5, 5.41) is 0. The minimum atomic E-state index is -0.533. The van der Waals surface area contributed by atoms with Gasteiger partial charge in [0.15, 0.2) is 6.61 Å². The first kappa shape index (κ1) is 17.5. The summed E-state index contributed by atoms with van der Waals surface area (Å²) in [5.41, 5.74) is 0.367. The third kappa shape index (κ3) is 5.73. The van der Waals surface area contributed by atoms with E-state index < -0.39 is 11.9 Å². The zero-order chi connectivity index (χ0) is 17.2. The summed E-state index contributed by atoms with van der Waals surface area (Å²) >= 11 is 0. The molecular formula is C18H18O6. The molecule has 0 N–H and O–H groups in total. The van der Waals surface area contributed by atoms with E-state index in [9.17, 15) is 9.59 Å². The molecule has 0 aromatic heterocycles. The second-order valence-corrected chi connectivity index (χ2v) is 4.73. The minimum absolute atomic E-state index is 0.183. The van der Waals surface area contributed by atoms with Crippen molar-refractivity contribution in [2.24, 2.45) is 0 Å². The Bertz CT molecular complexity index is 651. The third-order valence-electron chi connectivity index (χ3n) is 2.94. The molecule has 0 atom stereocenters. The van der Waals surface area contributed by atoms with Gasteiger partial charge in [-0.05, 0) is 36.4 Å². The Morgan fingerprint density at radius 3 is 2.25 bits per heavy atom. The van der Waals surface area contributed by atoms with Crippen molar-refractivity contribution in [2.45, 2.75) is 0 Å². The van der Waals surface area contributed by atoms with Gasteiger partial charge in [-0.1, -0.05) is 18.2 Å². The Hall–Kier alpha value is -2.86. The van der Waals surface area contributed by atoms with Gasteiger partial charge in [0.05, 0.1) is 12.2 Å². The van der Waals surface area contributed by atoms with Crippen LogP contribution < -0.4 is 9.47 Å². The molecule has 0 saturated heterocycles. The molecule has 0 radical (unpaired) electrons. The van der Waals surface area contributed by atoms with Gasteiger partial charge in [0.25, 0.3) is 0 Å². The maximum Gasteiger partial charge on any atom is 0.349 e. The first-order valence-corrected chi connectivity index (χ1v) is 7.33. The highest BCUT2D eigenvalue weighted by Gasteiger charge is 2.09. The van der Waals surface area contributed by atoms with Crippen LogP contribution in [0.15, 0.2) is 54.6 Å². The molecule has 0 aliphatic heterocycles. The molecule has 2 aromatic carbocycles. The topological polar surface area (TPSA) is 71.1 Å². The molecule has 0 bridgehead atoms. The number of hydrogen-bond donors (Lipinski definition) is 0. The highest BCUT2D eigenvalue weighted by molar-refractivity contribution is 5.89. The lowest BCUT2D eigenvalue weighted by Gasteiger charge is -2.07. The van der Waals surface area contributed by atoms with Crippen LogP contribution in [-0.4, -0.2) is 38.9 Å². The van der Waals surface area contributed by atoms with Gasteiger partial charge < -0.3 is 18.9 Å². The Kier molecular flexibility index (Phi) is 6.79. The van der Waals surface area contributed by atoms with E-state index in [0.717, 1.165) is 0 Å². The van der Waals surface area contributed by atoms with Gasteiger partial charge in [0.2, 0.25) is 0 Å². The van der Waals surface area contributed by atoms with Crippen molar-refractivity contribution >= 4 is 11.9 Å². The summed E-state index contributed by atoms with van der Waals surface area (Å²) in [4.78, 5) is 23.4. The summed E-state index contributed by atoms with van der Waals surface area (Å²) < 4.78 is 20.2. The number of carbonyl (C=O) groups excluding carboxylic acids is 2. The van der Waals surface area contributed by atoms with E-state index >= 15 is 0 Å². The summed E-state index contributed by atoms with van der Waals surface area (Å²) in [7, 11) is 1.53. The van der Waals surface area contributed by atoms with Crippen molar-refractivity contribution < 1.29 is 28.5 Å². The van der Waals surface area contributed by atoms with Gasteiger partial charge in [-0.2, -0.15) is 0 Å². The van der Waals surface area contributed by atoms with Crippen LogP contribution in [-0.2, 0) is 14.3 Å². The van der Waals surface area contributed by atoms with Gasteiger partial charge in [-0.15, -0.1) is 0 Å². The molecular weight excluding hydrogens is 312 g/mol. The van der Waals surface area contributed by atoms with Crippen LogP contribution in [0.5, 0.6) is 11.5 Å². The maximum absolute atomic E-state index is 11.7. The van der Waals surface area contributed by atoms with E-state index in [0.29, 0.717) is 23.7 Å². The fraction of sp³-hybridized carbons (Fsp3) is 0.222. The maximum atomic E-state index is 11.7. The lowest BCUT2D eigenvalue weighted by Crippen LogP contribution is -2.17. The monoisotopic (exact) mass is 330 g/mol. The molecule has 126 valence electrons. The molecule has 0 fully saturated rings. The van der Waals surface area contributed by atoms with E-state index in [1.54, 1.807) is 12.1 Å². The van der Waals surface area contributed by atoms with E-state index in [-0.39, 0.29) is 13.2 Å². The SMILES string of the molecule is COCCOC(=O)c1ccc(OC(=O)COc2ccccc2)cc1. The van der Waals surface area contributed by atoms with Gasteiger partial charge in [-0.25, -0.2) is 9.59 Å². The molecule has 0 heterocycles. The van der Waals surface area contributed by atoms with E-state index in [2.05, 4.69) is 0 Å². The van der Waals surface area contributed by atoms with Crippen LogP contribution in [0.1, 0.15) is 10.4 Å². The average Bonchev–Trinajstić information content (AvgIpc) is 2.61. The van der Waals surface area contributed by atoms with Crippen LogP contribution in [0.2, 0.25) is 0 Å². The van der Waals surface area contributed by atoms with Crippen LogP contribution in [0, 0.1) is 0 Å². The van der Waals surface area contributed by atoms with Crippen LogP contribution in [0.3, 0.4) is 0 Å². The Balaban J connectivity index is 1.80. The second-order valence-electron chi connectivity index (χ2n) is 4.73. The molecule has 24 heavy (non-hydrogen) atoms. The zero-order valence-corrected chi connectivity index (χ0v) is 13.3. The van der Waals surface area contributed by atoms with Crippen molar-refractivity contribution in [3.8, 4) is 11.5 Å². The number of benzene rings is 2. The molecule has 0 aliphatic carbocycles. The molecule has 2 aromatic rings. The Morgan fingerprint density at radius 1 is 0.875 bits per heavy atom. The predicted molar refractivity (Wildman–Crippen MR) is 86.2 cm³/mol. The predicted octanol–water partition coefficient (Wildman–Crippen LogP) is 2.47. The van der Waals surface area contributed by atoms with E-state index in [1.165, 1.54) is 31.4 Å². The van der Waals surface area contributed by atoms with Crippen LogP contribution in [0.25, 0.3) is 0 Å². The number of ether oxygens (including phenoxy) is 4. The molecule has 2 rings (SSSR count). The zero-order valence-electron chi connectivity index (χ0n) is 13.3. The number of esters is 2. The summed E-state index contributed by atoms with van der Waals surface area (Å²) in [6.07, 6.45) is 0. The quantitative estimate of drug-likeness (QED) is 0.421. The Morgan fingerprint density at radius 2 is 1.58 bits per heavy atom. The first-order valence-electron chi connectivity index (χ1n) is 7.33. The van der Waals surface area contributed by atoms with Gasteiger partial charge in [0.1, 0.15) is 18.1 Å². The minimum Gasteiger partial charge on any atom is -0.482 e.